The molecule has 1 aliphatic heterocycles. The van der Waals surface area contributed by atoms with Gasteiger partial charge in [0.05, 0.1) is 5.56 Å². The average molecular weight is 378 g/mol. The van der Waals surface area contributed by atoms with Gasteiger partial charge in [0.15, 0.2) is 17.1 Å². The molecule has 0 bridgehead atoms. The molecule has 1 saturated carbocycles. The highest BCUT2D eigenvalue weighted by Crippen LogP contribution is 2.43. The van der Waals surface area contributed by atoms with E-state index >= 15 is 0 Å². The van der Waals surface area contributed by atoms with Crippen LogP contribution in [0.25, 0.3) is 0 Å². The van der Waals surface area contributed by atoms with Crippen LogP contribution in [0.2, 0.25) is 0 Å². The summed E-state index contributed by atoms with van der Waals surface area (Å²) >= 11 is 0. The first-order valence-electron chi connectivity index (χ1n) is 10.0. The Hall–Kier alpha value is -2.37. The molecule has 1 heterocycles. The van der Waals surface area contributed by atoms with Crippen LogP contribution in [0.15, 0.2) is 48.5 Å². The maximum absolute atomic E-state index is 14.6. The van der Waals surface area contributed by atoms with Gasteiger partial charge < -0.3 is 4.90 Å². The van der Waals surface area contributed by atoms with E-state index in [1.807, 2.05) is 35.2 Å². The molecular weight excluding hydrogens is 355 g/mol. The molecule has 2 aliphatic carbocycles. The van der Waals surface area contributed by atoms with Crippen LogP contribution in [0.1, 0.15) is 39.1 Å². The zero-order valence-electron chi connectivity index (χ0n) is 15.7. The first-order valence-corrected chi connectivity index (χ1v) is 10.0. The maximum atomic E-state index is 14.6. The minimum atomic E-state index is -1.45. The quantitative estimate of drug-likeness (QED) is 0.767. The standard InChI is InChI=1S/C23H23FN2O2/c24-19-8-4-7-18-20(19)22(28)23(21(18)27,17-5-2-1-3-6-17)26-13-11-25(12-14-26)15-16-9-10-16/h1-8,16H,9-15H2. The summed E-state index contributed by atoms with van der Waals surface area (Å²) in [7, 11) is 0. The summed E-state index contributed by atoms with van der Waals surface area (Å²) in [5.74, 6) is -0.523. The zero-order valence-corrected chi connectivity index (χ0v) is 15.7. The molecule has 5 heteroatoms. The van der Waals surface area contributed by atoms with E-state index in [0.717, 1.165) is 25.6 Å². The molecule has 0 radical (unpaired) electrons. The third-order valence-corrected chi connectivity index (χ3v) is 6.39. The van der Waals surface area contributed by atoms with E-state index in [0.29, 0.717) is 18.7 Å². The van der Waals surface area contributed by atoms with Gasteiger partial charge >= 0.3 is 0 Å². The van der Waals surface area contributed by atoms with Crippen LogP contribution < -0.4 is 0 Å². The number of benzene rings is 2. The number of ketones is 2. The van der Waals surface area contributed by atoms with Gasteiger partial charge in [-0.15, -0.1) is 0 Å². The summed E-state index contributed by atoms with van der Waals surface area (Å²) in [5, 5.41) is 0. The molecule has 0 amide bonds. The Labute approximate surface area is 163 Å². The molecule has 2 aromatic carbocycles. The van der Waals surface area contributed by atoms with Crippen molar-refractivity contribution >= 4 is 11.6 Å². The molecule has 4 nitrogen and oxygen atoms in total. The first-order chi connectivity index (χ1) is 13.6. The van der Waals surface area contributed by atoms with Crippen molar-refractivity contribution in [3.05, 3.63) is 71.0 Å². The summed E-state index contributed by atoms with van der Waals surface area (Å²) in [5.41, 5.74) is -0.667. The lowest BCUT2D eigenvalue weighted by molar-refractivity contribution is 0.0284. The van der Waals surface area contributed by atoms with Gasteiger partial charge in [-0.1, -0.05) is 42.5 Å². The van der Waals surface area contributed by atoms with Crippen molar-refractivity contribution < 1.29 is 14.0 Å². The normalized spacial score (nSPS) is 25.9. The van der Waals surface area contributed by atoms with E-state index in [1.54, 1.807) is 6.07 Å². The minimum Gasteiger partial charge on any atom is -0.301 e. The summed E-state index contributed by atoms with van der Waals surface area (Å²) in [6.45, 7) is 3.99. The highest BCUT2D eigenvalue weighted by atomic mass is 19.1. The van der Waals surface area contributed by atoms with Gasteiger partial charge in [0.2, 0.25) is 0 Å². The summed E-state index contributed by atoms with van der Waals surface area (Å²) in [6.07, 6.45) is 2.61. The number of Topliss-reactive ketones (excluding diaryl/α,β-unsaturated/α-hetero) is 2. The molecule has 5 rings (SSSR count). The van der Waals surface area contributed by atoms with Crippen molar-refractivity contribution in [3.8, 4) is 0 Å². The molecule has 1 unspecified atom stereocenters. The molecular formula is C23H23FN2O2. The molecule has 3 aliphatic rings. The molecule has 28 heavy (non-hydrogen) atoms. The van der Waals surface area contributed by atoms with Crippen molar-refractivity contribution in [3.63, 3.8) is 0 Å². The summed E-state index contributed by atoms with van der Waals surface area (Å²) in [4.78, 5) is 31.6. The van der Waals surface area contributed by atoms with Gasteiger partial charge in [-0.3, -0.25) is 14.5 Å². The molecule has 144 valence electrons. The van der Waals surface area contributed by atoms with E-state index < -0.39 is 17.1 Å². The predicted octanol–water partition coefficient (Wildman–Crippen LogP) is 3.13. The topological polar surface area (TPSA) is 40.6 Å². The monoisotopic (exact) mass is 378 g/mol. The lowest BCUT2D eigenvalue weighted by Crippen LogP contribution is -2.60. The fraction of sp³-hybridized carbons (Fsp3) is 0.391. The van der Waals surface area contributed by atoms with Crippen LogP contribution in [0.5, 0.6) is 0 Å². The molecule has 2 aromatic rings. The fourth-order valence-corrected chi connectivity index (χ4v) is 4.77. The van der Waals surface area contributed by atoms with Gasteiger partial charge in [0, 0.05) is 38.3 Å². The smallest absolute Gasteiger partial charge is 0.199 e. The van der Waals surface area contributed by atoms with E-state index in [1.165, 1.54) is 25.0 Å². The van der Waals surface area contributed by atoms with Gasteiger partial charge in [-0.2, -0.15) is 0 Å². The third kappa shape index (κ3) is 2.57. The van der Waals surface area contributed by atoms with E-state index in [4.69, 9.17) is 0 Å². The minimum absolute atomic E-state index is 0.0586. The summed E-state index contributed by atoms with van der Waals surface area (Å²) < 4.78 is 14.6. The van der Waals surface area contributed by atoms with Gasteiger partial charge in [-0.05, 0) is 30.4 Å². The van der Waals surface area contributed by atoms with Gasteiger partial charge in [-0.25, -0.2) is 4.39 Å². The molecule has 1 atom stereocenters. The number of rotatable bonds is 4. The molecule has 0 N–H and O–H groups in total. The lowest BCUT2D eigenvalue weighted by atomic mass is 9.82. The van der Waals surface area contributed by atoms with E-state index in [9.17, 15) is 14.0 Å². The molecule has 2 fully saturated rings. The first kappa shape index (κ1) is 17.7. The Morgan fingerprint density at radius 3 is 2.25 bits per heavy atom. The number of carbonyl (C=O) groups is 2. The van der Waals surface area contributed by atoms with Crippen LogP contribution in [0.4, 0.5) is 4.39 Å². The molecule has 1 saturated heterocycles. The van der Waals surface area contributed by atoms with Crippen LogP contribution in [-0.2, 0) is 5.54 Å². The Morgan fingerprint density at radius 2 is 1.61 bits per heavy atom. The van der Waals surface area contributed by atoms with Gasteiger partial charge in [0.1, 0.15) is 5.82 Å². The number of nitrogens with zero attached hydrogens (tertiary/aromatic N) is 2. The fourth-order valence-electron chi connectivity index (χ4n) is 4.77. The van der Waals surface area contributed by atoms with Crippen LogP contribution >= 0.6 is 0 Å². The van der Waals surface area contributed by atoms with Crippen LogP contribution in [-0.4, -0.2) is 54.1 Å². The largest absolute Gasteiger partial charge is 0.301 e. The van der Waals surface area contributed by atoms with Crippen molar-refractivity contribution in [2.24, 2.45) is 5.92 Å². The number of hydrogen-bond donors (Lipinski definition) is 0. The number of hydrogen-bond acceptors (Lipinski definition) is 4. The van der Waals surface area contributed by atoms with Crippen LogP contribution in [0.3, 0.4) is 0 Å². The van der Waals surface area contributed by atoms with Crippen molar-refractivity contribution in [1.82, 2.24) is 9.80 Å². The lowest BCUT2D eigenvalue weighted by Gasteiger charge is -2.44. The Balaban J connectivity index is 1.56. The predicted molar refractivity (Wildman–Crippen MR) is 104 cm³/mol. The third-order valence-electron chi connectivity index (χ3n) is 6.39. The maximum Gasteiger partial charge on any atom is 0.199 e. The summed E-state index contributed by atoms with van der Waals surface area (Å²) in [6, 6.07) is 13.5. The second-order valence-electron chi connectivity index (χ2n) is 8.13. The van der Waals surface area contributed by atoms with Crippen molar-refractivity contribution in [1.29, 1.82) is 0 Å². The van der Waals surface area contributed by atoms with Crippen LogP contribution in [0, 0.1) is 11.7 Å². The Morgan fingerprint density at radius 1 is 0.893 bits per heavy atom. The number of carbonyl (C=O) groups excluding carboxylic acids is 2. The van der Waals surface area contributed by atoms with Crippen molar-refractivity contribution in [2.45, 2.75) is 18.4 Å². The number of piperazine rings is 1. The Kier molecular flexibility index (Phi) is 4.18. The zero-order chi connectivity index (χ0) is 19.3. The number of halogens is 1. The van der Waals surface area contributed by atoms with E-state index in [2.05, 4.69) is 4.90 Å². The molecule has 0 spiro atoms. The van der Waals surface area contributed by atoms with Gasteiger partial charge in [0.25, 0.3) is 0 Å². The Bertz CT molecular complexity index is 933. The second-order valence-corrected chi connectivity index (χ2v) is 8.13. The number of fused-ring (bicyclic) bond motifs is 1. The SMILES string of the molecule is O=C1c2cccc(F)c2C(=O)C1(c1ccccc1)N1CCN(CC2CC2)CC1. The van der Waals surface area contributed by atoms with Crippen molar-refractivity contribution in [2.75, 3.05) is 32.7 Å². The highest BCUT2D eigenvalue weighted by molar-refractivity contribution is 6.33. The average Bonchev–Trinajstić information content (AvgIpc) is 3.50. The highest BCUT2D eigenvalue weighted by Gasteiger charge is 2.59. The molecule has 0 aromatic heterocycles. The second kappa shape index (κ2) is 6.61. The van der Waals surface area contributed by atoms with E-state index in [-0.39, 0.29) is 16.9 Å².